The van der Waals surface area contributed by atoms with Gasteiger partial charge in [-0.05, 0) is 54.8 Å². The van der Waals surface area contributed by atoms with Crippen molar-refractivity contribution in [1.82, 2.24) is 4.98 Å². The molecule has 0 saturated heterocycles. The number of nitrogens with one attached hydrogen (secondary N) is 2. The highest BCUT2D eigenvalue weighted by molar-refractivity contribution is 6.09. The number of aromatic amines is 1. The van der Waals surface area contributed by atoms with Crippen molar-refractivity contribution in [3.63, 3.8) is 0 Å². The Bertz CT molecular complexity index is 1120. The summed E-state index contributed by atoms with van der Waals surface area (Å²) in [6.45, 7) is 6.52. The van der Waals surface area contributed by atoms with Gasteiger partial charge < -0.3 is 20.1 Å². The van der Waals surface area contributed by atoms with Crippen LogP contribution in [0.15, 0.2) is 59.9 Å². The van der Waals surface area contributed by atoms with Crippen molar-refractivity contribution in [2.24, 2.45) is 0 Å². The molecule has 0 spiro atoms. The average Bonchev–Trinajstić information content (AvgIpc) is 2.75. The first-order valence-corrected chi connectivity index (χ1v) is 10.6. The van der Waals surface area contributed by atoms with Crippen LogP contribution in [0.2, 0.25) is 0 Å². The van der Waals surface area contributed by atoms with Crippen molar-refractivity contribution in [1.29, 1.82) is 0 Å². The van der Waals surface area contributed by atoms with E-state index in [0.717, 1.165) is 24.2 Å². The molecule has 0 bridgehead atoms. The van der Waals surface area contributed by atoms with Crippen LogP contribution in [-0.4, -0.2) is 22.6 Å². The molecule has 2 aromatic carbocycles. The molecule has 3 N–H and O–H groups in total. The number of hydrogen-bond acceptors (Lipinski definition) is 4. The number of carbonyl (C=O) groups is 1. The van der Waals surface area contributed by atoms with Gasteiger partial charge in [0.1, 0.15) is 17.1 Å². The molecule has 0 radical (unpaired) electrons. The third kappa shape index (κ3) is 5.54. The van der Waals surface area contributed by atoms with Gasteiger partial charge in [-0.1, -0.05) is 38.3 Å². The third-order valence-electron chi connectivity index (χ3n) is 5.04. The molecule has 6 nitrogen and oxygen atoms in total. The zero-order valence-electron chi connectivity index (χ0n) is 17.7. The molecule has 162 valence electrons. The molecule has 1 amide bonds. The summed E-state index contributed by atoms with van der Waals surface area (Å²) in [4.78, 5) is 27.8. The first kappa shape index (κ1) is 22.2. The Morgan fingerprint density at radius 1 is 1.16 bits per heavy atom. The molecule has 0 saturated carbocycles. The van der Waals surface area contributed by atoms with Gasteiger partial charge >= 0.3 is 0 Å². The van der Waals surface area contributed by atoms with Gasteiger partial charge in [0.2, 0.25) is 0 Å². The molecular formula is C25H28N2O4. The van der Waals surface area contributed by atoms with E-state index in [9.17, 15) is 14.7 Å². The Hall–Kier alpha value is -3.54. The number of allylic oxidation sites excluding steroid dienone is 1. The van der Waals surface area contributed by atoms with E-state index in [1.807, 2.05) is 6.07 Å². The number of pyridine rings is 1. The second-order valence-electron chi connectivity index (χ2n) is 7.44. The summed E-state index contributed by atoms with van der Waals surface area (Å²) in [7, 11) is 0. The molecule has 3 rings (SSSR count). The van der Waals surface area contributed by atoms with E-state index in [0.29, 0.717) is 29.6 Å². The van der Waals surface area contributed by atoms with Crippen molar-refractivity contribution in [3.8, 4) is 11.5 Å². The van der Waals surface area contributed by atoms with E-state index in [1.54, 1.807) is 42.5 Å². The van der Waals surface area contributed by atoms with Gasteiger partial charge in [0.15, 0.2) is 0 Å². The number of anilines is 1. The molecule has 0 unspecified atom stereocenters. The zero-order chi connectivity index (χ0) is 22.2. The number of aromatic hydroxyl groups is 1. The average molecular weight is 421 g/mol. The second-order valence-corrected chi connectivity index (χ2v) is 7.44. The van der Waals surface area contributed by atoms with Crippen LogP contribution in [-0.2, 0) is 6.42 Å². The van der Waals surface area contributed by atoms with Crippen LogP contribution in [0.4, 0.5) is 5.69 Å². The minimum absolute atomic E-state index is 0.320. The quantitative estimate of drug-likeness (QED) is 0.312. The fourth-order valence-corrected chi connectivity index (χ4v) is 3.37. The lowest BCUT2D eigenvalue weighted by molar-refractivity contribution is 0.102. The van der Waals surface area contributed by atoms with Gasteiger partial charge in [0.25, 0.3) is 11.5 Å². The van der Waals surface area contributed by atoms with Crippen LogP contribution in [0.3, 0.4) is 0 Å². The first-order valence-electron chi connectivity index (χ1n) is 10.6. The fourth-order valence-electron chi connectivity index (χ4n) is 3.37. The highest BCUT2D eigenvalue weighted by Crippen LogP contribution is 2.27. The largest absolute Gasteiger partial charge is 0.506 e. The summed E-state index contributed by atoms with van der Waals surface area (Å²) in [5.74, 6) is -0.298. The van der Waals surface area contributed by atoms with Gasteiger partial charge in [-0.2, -0.15) is 0 Å². The highest BCUT2D eigenvalue weighted by atomic mass is 16.5. The minimum atomic E-state index is -0.678. The summed E-state index contributed by atoms with van der Waals surface area (Å²) in [6, 6.07) is 12.2. The SMILES string of the molecule is C=CCc1ccc2[nH]c(=O)c(C(=O)Nc3ccc(OCCCCCC)cc3)c(O)c2c1. The summed E-state index contributed by atoms with van der Waals surface area (Å²) in [5.41, 5.74) is 0.918. The van der Waals surface area contributed by atoms with Crippen LogP contribution in [0, 0.1) is 0 Å². The number of aromatic nitrogens is 1. The Morgan fingerprint density at radius 3 is 2.65 bits per heavy atom. The van der Waals surface area contributed by atoms with Gasteiger partial charge in [0.05, 0.1) is 12.1 Å². The highest BCUT2D eigenvalue weighted by Gasteiger charge is 2.19. The zero-order valence-corrected chi connectivity index (χ0v) is 17.7. The Morgan fingerprint density at radius 2 is 1.94 bits per heavy atom. The van der Waals surface area contributed by atoms with Gasteiger partial charge in [-0.3, -0.25) is 9.59 Å². The summed E-state index contributed by atoms with van der Waals surface area (Å²) < 4.78 is 5.70. The molecule has 0 atom stereocenters. The van der Waals surface area contributed by atoms with Crippen LogP contribution >= 0.6 is 0 Å². The predicted octanol–water partition coefficient (Wildman–Crippen LogP) is 5.17. The van der Waals surface area contributed by atoms with Crippen molar-refractivity contribution in [3.05, 3.63) is 76.6 Å². The topological polar surface area (TPSA) is 91.4 Å². The smallest absolute Gasteiger partial charge is 0.265 e. The van der Waals surface area contributed by atoms with Crippen LogP contribution in [0.25, 0.3) is 10.9 Å². The lowest BCUT2D eigenvalue weighted by Gasteiger charge is -2.10. The lowest BCUT2D eigenvalue weighted by atomic mass is 10.1. The van der Waals surface area contributed by atoms with Crippen molar-refractivity contribution >= 4 is 22.5 Å². The molecular weight excluding hydrogens is 392 g/mol. The Balaban J connectivity index is 1.74. The van der Waals surface area contributed by atoms with Gasteiger partial charge in [-0.25, -0.2) is 0 Å². The minimum Gasteiger partial charge on any atom is -0.506 e. The standard InChI is InChI=1S/C25H28N2O4/c1-3-5-6-7-15-31-19-12-10-18(11-13-19)26-24(29)22-23(28)20-16-17(8-4-2)9-14-21(20)27-25(22)30/h4,9-14,16H,2-3,5-8,15H2,1H3,(H,26,29)(H2,27,28,30). The second kappa shape index (κ2) is 10.5. The van der Waals surface area contributed by atoms with E-state index < -0.39 is 11.5 Å². The molecule has 3 aromatic rings. The molecule has 31 heavy (non-hydrogen) atoms. The third-order valence-corrected chi connectivity index (χ3v) is 5.04. The van der Waals surface area contributed by atoms with E-state index in [4.69, 9.17) is 4.74 Å². The Kier molecular flexibility index (Phi) is 7.49. The normalized spacial score (nSPS) is 10.7. The van der Waals surface area contributed by atoms with Gasteiger partial charge in [0, 0.05) is 11.1 Å². The lowest BCUT2D eigenvalue weighted by Crippen LogP contribution is -2.23. The van der Waals surface area contributed by atoms with E-state index in [1.165, 1.54) is 12.8 Å². The maximum atomic E-state index is 12.7. The molecule has 0 fully saturated rings. The molecule has 0 aliphatic heterocycles. The summed E-state index contributed by atoms with van der Waals surface area (Å²) in [6.07, 6.45) is 6.89. The van der Waals surface area contributed by atoms with E-state index in [-0.39, 0.29) is 11.3 Å². The van der Waals surface area contributed by atoms with Crippen LogP contribution in [0.5, 0.6) is 11.5 Å². The number of benzene rings is 2. The predicted molar refractivity (Wildman–Crippen MR) is 124 cm³/mol. The number of hydrogen-bond donors (Lipinski definition) is 3. The molecule has 1 heterocycles. The summed E-state index contributed by atoms with van der Waals surface area (Å²) in [5, 5.41) is 13.7. The van der Waals surface area contributed by atoms with E-state index in [2.05, 4.69) is 23.8 Å². The van der Waals surface area contributed by atoms with Crippen molar-refractivity contribution in [2.45, 2.75) is 39.0 Å². The van der Waals surface area contributed by atoms with Gasteiger partial charge in [-0.15, -0.1) is 6.58 Å². The van der Waals surface area contributed by atoms with Crippen LogP contribution in [0.1, 0.15) is 48.5 Å². The monoisotopic (exact) mass is 420 g/mol. The van der Waals surface area contributed by atoms with Crippen molar-refractivity contribution in [2.75, 3.05) is 11.9 Å². The number of amides is 1. The van der Waals surface area contributed by atoms with Crippen molar-refractivity contribution < 1.29 is 14.6 Å². The number of carbonyl (C=O) groups excluding carboxylic acids is 1. The number of unbranched alkanes of at least 4 members (excludes halogenated alkanes) is 3. The number of H-pyrrole nitrogens is 1. The maximum absolute atomic E-state index is 12.7. The number of ether oxygens (including phenoxy) is 1. The molecule has 0 aliphatic rings. The van der Waals surface area contributed by atoms with Crippen LogP contribution < -0.4 is 15.6 Å². The first-order chi connectivity index (χ1) is 15.0. The number of fused-ring (bicyclic) bond motifs is 1. The molecule has 1 aromatic heterocycles. The molecule has 6 heteroatoms. The molecule has 0 aliphatic carbocycles. The summed E-state index contributed by atoms with van der Waals surface area (Å²) >= 11 is 0. The van der Waals surface area contributed by atoms with E-state index >= 15 is 0 Å². The fraction of sp³-hybridized carbons (Fsp3) is 0.280. The maximum Gasteiger partial charge on any atom is 0.265 e. The number of rotatable bonds is 10. The Labute approximate surface area is 181 Å².